The highest BCUT2D eigenvalue weighted by atomic mass is 31.2. The summed E-state index contributed by atoms with van der Waals surface area (Å²) >= 11 is 0. The number of phenolic OH excluding ortho intramolecular Hbond substituents is 8. The molecule has 9 rings (SSSR count). The SMILES string of the molecule is CCOP(=O)(OCC)C(c1ccccc1)N(C)Cc1c(O)c2cc(c1O)C(C)c1cc(c(O)c(CN(C)C(c3ccccc3)P(=O)(OCC)OCC)c1O)C(C)c1cc(c(O)c(CN(C)C(c3ccccc3)P(=O)(OCC)OCC)c1O)C(C)c1cc(c(O)c(CN(C)C(c3ccccc3)P(=O)(OCC)OCC)c1O)C2C. The number of hydrogen-bond donors (Lipinski definition) is 8. The van der Waals surface area contributed by atoms with Gasteiger partial charge in [0.05, 0.1) is 75.1 Å². The summed E-state index contributed by atoms with van der Waals surface area (Å²) in [6.45, 7) is 18.8. The smallest absolute Gasteiger partial charge is 0.352 e. The van der Waals surface area contributed by atoms with Crippen LogP contribution in [-0.4, -0.2) is 141 Å². The number of benzene rings is 8. The minimum absolute atomic E-state index is 0.00896. The van der Waals surface area contributed by atoms with Gasteiger partial charge in [0.15, 0.2) is 0 Å². The number of hydrogen-bond acceptors (Lipinski definition) is 24. The number of fused-ring (bicyclic) bond motifs is 8. The van der Waals surface area contributed by atoms with Gasteiger partial charge in [0.2, 0.25) is 0 Å². The standard InChI is InChI=1S/C84H112N4O20P4/c1-17-101-109(97,102-18-2)81(57-37-29-25-30-38-57)85(13)49-69-73(89)61-45-62(74(69)90)54(10)64-47-66(78(94)71(76(64)92)51-87(15)83(59-41-33-27-34-42-59)111(99,105-21-5)106-22-6)56(12)68-48-67(79(95)72(80(68)96)52-88(16)84(60-43-35-28-36-44-60)112(100,107-23-7)108-24-8)55(11)65-46-63(53(61)9)75(91)70(77(65)93)50-86(14)82(58-39-31-26-32-40-58)110(98,103-19-3)104-20-4/h25-48,53-56,81-84,89-96H,17-24,49-52H2,1-16H3. The van der Waals surface area contributed by atoms with E-state index in [1.165, 1.54) is 0 Å². The Morgan fingerprint density at radius 3 is 0.527 bits per heavy atom. The zero-order valence-electron chi connectivity index (χ0n) is 67.0. The predicted molar refractivity (Wildman–Crippen MR) is 435 cm³/mol. The van der Waals surface area contributed by atoms with E-state index in [2.05, 4.69) is 0 Å². The van der Waals surface area contributed by atoms with Gasteiger partial charge in [-0.1, -0.05) is 149 Å². The van der Waals surface area contributed by atoms with E-state index >= 15 is 18.3 Å². The fourth-order valence-corrected chi connectivity index (χ4v) is 24.4. The van der Waals surface area contributed by atoms with Crippen molar-refractivity contribution in [2.24, 2.45) is 0 Å². The molecular weight excluding hydrogens is 1510 g/mol. The molecule has 0 amide bonds. The van der Waals surface area contributed by atoms with Crippen molar-refractivity contribution in [3.8, 4) is 46.0 Å². The summed E-state index contributed by atoms with van der Waals surface area (Å²) in [5.74, 6) is -13.1. The minimum Gasteiger partial charge on any atom is -0.507 e. The minimum atomic E-state index is -4.16. The molecule has 8 N–H and O–H groups in total. The Morgan fingerprint density at radius 1 is 0.268 bits per heavy atom. The number of aromatic hydroxyl groups is 8. The molecule has 0 aliphatic heterocycles. The summed E-state index contributed by atoms with van der Waals surface area (Å²) in [7, 11) is -10.1. The van der Waals surface area contributed by atoms with E-state index in [1.54, 1.807) is 276 Å². The summed E-state index contributed by atoms with van der Waals surface area (Å²) in [6.07, 6.45) is 0. The van der Waals surface area contributed by atoms with Crippen molar-refractivity contribution in [2.75, 3.05) is 81.0 Å². The van der Waals surface area contributed by atoms with Crippen LogP contribution in [0.2, 0.25) is 0 Å². The third kappa shape index (κ3) is 18.3. The number of phenols is 8. The van der Waals surface area contributed by atoms with Gasteiger partial charge in [0.25, 0.3) is 0 Å². The maximum absolute atomic E-state index is 15.4. The van der Waals surface area contributed by atoms with Gasteiger partial charge >= 0.3 is 30.4 Å². The van der Waals surface area contributed by atoms with E-state index in [4.69, 9.17) is 36.2 Å². The first-order chi connectivity index (χ1) is 53.3. The largest absolute Gasteiger partial charge is 0.507 e. The fraction of sp³-hybridized carbons (Fsp3) is 0.429. The molecule has 8 aromatic carbocycles. The Balaban J connectivity index is 1.42. The Bertz CT molecular complexity index is 3980. The van der Waals surface area contributed by atoms with Gasteiger partial charge in [-0.15, -0.1) is 0 Å². The molecule has 0 fully saturated rings. The van der Waals surface area contributed by atoms with Gasteiger partial charge in [-0.25, -0.2) is 0 Å². The second kappa shape index (κ2) is 38.4. The van der Waals surface area contributed by atoms with Crippen molar-refractivity contribution < 1.29 is 95.3 Å². The van der Waals surface area contributed by atoms with Gasteiger partial charge in [-0.3, -0.25) is 37.9 Å². The molecule has 4 unspecified atom stereocenters. The number of nitrogens with zero attached hydrogens (tertiary/aromatic N) is 4. The van der Waals surface area contributed by atoms with E-state index in [-0.39, 0.29) is 146 Å². The molecule has 0 heterocycles. The van der Waals surface area contributed by atoms with Crippen molar-refractivity contribution in [1.82, 2.24) is 19.6 Å². The fourth-order valence-electron chi connectivity index (χ4n) is 15.7. The van der Waals surface area contributed by atoms with Gasteiger partial charge in [0.1, 0.15) is 69.1 Å². The normalized spacial score (nSPS) is 16.8. The third-order valence-corrected chi connectivity index (χ3v) is 30.9. The molecule has 8 bridgehead atoms. The molecule has 112 heavy (non-hydrogen) atoms. The summed E-state index contributed by atoms with van der Waals surface area (Å²) in [6, 6.07) is 41.7. The first-order valence-electron chi connectivity index (χ1n) is 38.2. The molecule has 0 radical (unpaired) electrons. The first kappa shape index (κ1) is 88.5. The van der Waals surface area contributed by atoms with Crippen LogP contribution >= 0.6 is 30.4 Å². The van der Waals surface area contributed by atoms with Gasteiger partial charge in [-0.2, -0.15) is 0 Å². The number of rotatable bonds is 36. The van der Waals surface area contributed by atoms with Crippen LogP contribution in [-0.2, 0) is 80.6 Å². The van der Waals surface area contributed by atoms with E-state index in [1.807, 2.05) is 0 Å². The Hall–Kier alpha value is -7.40. The average Bonchev–Trinajstić information content (AvgIpc) is 0.738. The molecule has 0 spiro atoms. The zero-order chi connectivity index (χ0) is 81.9. The second-order valence-corrected chi connectivity index (χ2v) is 36.5. The monoisotopic (exact) mass is 1620 g/mol. The molecule has 0 saturated carbocycles. The second-order valence-electron chi connectivity index (χ2n) is 28.1. The van der Waals surface area contributed by atoms with Crippen LogP contribution in [0, 0.1) is 0 Å². The highest BCUT2D eigenvalue weighted by Crippen LogP contribution is 2.67. The molecular formula is C84H112N4O20P4. The molecule has 0 aromatic heterocycles. The first-order valence-corrected chi connectivity index (χ1v) is 44.7. The van der Waals surface area contributed by atoms with Gasteiger partial charge in [-0.05, 0) is 130 Å². The third-order valence-electron chi connectivity index (χ3n) is 20.8. The Kier molecular flexibility index (Phi) is 30.3. The summed E-state index contributed by atoms with van der Waals surface area (Å²) in [4.78, 5) is 6.55. The van der Waals surface area contributed by atoms with Crippen LogP contribution in [0.4, 0.5) is 0 Å². The molecule has 0 saturated heterocycles. The van der Waals surface area contributed by atoms with Crippen LogP contribution in [0.3, 0.4) is 0 Å². The van der Waals surface area contributed by atoms with Crippen molar-refractivity contribution in [2.45, 2.75) is 156 Å². The molecule has 28 heteroatoms. The van der Waals surface area contributed by atoms with Gasteiger partial charge in [0, 0.05) is 94.4 Å². The van der Waals surface area contributed by atoms with E-state index in [0.29, 0.717) is 22.3 Å². The molecule has 24 nitrogen and oxygen atoms in total. The maximum Gasteiger partial charge on any atom is 0.352 e. The van der Waals surface area contributed by atoms with Crippen LogP contribution in [0.1, 0.15) is 219 Å². The van der Waals surface area contributed by atoms with Gasteiger partial charge < -0.3 is 77.0 Å². The van der Waals surface area contributed by atoms with Crippen molar-refractivity contribution >= 4 is 30.4 Å². The lowest BCUT2D eigenvalue weighted by Crippen LogP contribution is -2.27. The Labute approximate surface area is 659 Å². The van der Waals surface area contributed by atoms with E-state index in [0.717, 1.165) is 0 Å². The van der Waals surface area contributed by atoms with E-state index < -0.39 is 123 Å². The van der Waals surface area contributed by atoms with E-state index in [9.17, 15) is 40.9 Å². The quantitative estimate of drug-likeness (QED) is 0.0169. The maximum atomic E-state index is 15.4. The van der Waals surface area contributed by atoms with Crippen LogP contribution < -0.4 is 0 Å². The van der Waals surface area contributed by atoms with Crippen LogP contribution in [0.25, 0.3) is 0 Å². The van der Waals surface area contributed by atoms with Crippen molar-refractivity contribution in [3.63, 3.8) is 0 Å². The van der Waals surface area contributed by atoms with Crippen molar-refractivity contribution in [1.29, 1.82) is 0 Å². The lowest BCUT2D eigenvalue weighted by Gasteiger charge is -2.35. The summed E-state index contributed by atoms with van der Waals surface area (Å²) in [5.41, 5.74) is 2.36. The summed E-state index contributed by atoms with van der Waals surface area (Å²) in [5, 5.41) is 108. The predicted octanol–water partition coefficient (Wildman–Crippen LogP) is 19.8. The summed E-state index contributed by atoms with van der Waals surface area (Å²) < 4.78 is 110. The van der Waals surface area contributed by atoms with Crippen LogP contribution in [0.15, 0.2) is 146 Å². The van der Waals surface area contributed by atoms with Crippen LogP contribution in [0.5, 0.6) is 46.0 Å². The lowest BCUT2D eigenvalue weighted by atomic mass is 9.78. The molecule has 8 aromatic rings. The molecule has 1 aliphatic carbocycles. The highest BCUT2D eigenvalue weighted by Gasteiger charge is 2.47. The Morgan fingerprint density at radius 2 is 0.402 bits per heavy atom. The lowest BCUT2D eigenvalue weighted by molar-refractivity contribution is 0.172. The molecule has 4 atom stereocenters. The highest BCUT2D eigenvalue weighted by molar-refractivity contribution is 7.55. The molecule has 1 aliphatic rings. The van der Waals surface area contributed by atoms with Crippen molar-refractivity contribution in [3.05, 3.63) is 235 Å². The topological polar surface area (TPSA) is 317 Å². The molecule has 608 valence electrons. The average molecular weight is 1620 g/mol. The zero-order valence-corrected chi connectivity index (χ0v) is 70.6.